The molecule has 3 heterocycles. The maximum absolute atomic E-state index is 15.4. The van der Waals surface area contributed by atoms with Crippen molar-refractivity contribution in [2.75, 3.05) is 0 Å². The van der Waals surface area contributed by atoms with E-state index in [2.05, 4.69) is 120 Å². The van der Waals surface area contributed by atoms with Gasteiger partial charge in [0.2, 0.25) is 0 Å². The predicted octanol–water partition coefficient (Wildman–Crippen LogP) is 13.8. The van der Waals surface area contributed by atoms with Crippen molar-refractivity contribution in [1.82, 2.24) is 9.97 Å². The predicted molar refractivity (Wildman–Crippen MR) is 244 cm³/mol. The number of nitrogens with zero attached hydrogens (tertiary/aromatic N) is 2. The number of thiophene rings is 1. The van der Waals surface area contributed by atoms with Crippen LogP contribution in [0.3, 0.4) is 0 Å². The standard InChI is InChI=1S/C37H23FNS.C15H18GeN.Ir/c1-22-12-13-24-19-33-26(17-27(24)16-22)14-15-31-30-10-5-11-32(36(30)40-37(31)33)35-20-28(34(38)21-39-35)18-25-8-4-7-23-6-2-3-9-29(23)25;1-12-10-15(13-8-6-5-7-9-13)17-11-14(12)16(2,3)4;/h2-10,12-17,19-21H,18H2,1H3;5-8,10-11H,1-4H3;/q2*-1;/i18D2;;. The Bertz CT molecular complexity index is 3230. The zero-order valence-corrected chi connectivity index (χ0v) is 38.2. The number of aromatic nitrogens is 2. The van der Waals surface area contributed by atoms with Gasteiger partial charge in [0, 0.05) is 33.9 Å². The molecule has 0 fully saturated rings. The van der Waals surface area contributed by atoms with Crippen LogP contribution in [0.2, 0.25) is 17.3 Å². The van der Waals surface area contributed by atoms with Gasteiger partial charge in [0.15, 0.2) is 0 Å². The summed E-state index contributed by atoms with van der Waals surface area (Å²) in [7, 11) is 0. The van der Waals surface area contributed by atoms with E-state index in [1.54, 1.807) is 23.5 Å². The average molecular weight is 1010 g/mol. The average Bonchev–Trinajstić information content (AvgIpc) is 3.62. The molecule has 10 aromatic rings. The van der Waals surface area contributed by atoms with Crippen LogP contribution >= 0.6 is 11.3 Å². The number of hydrogen-bond donors (Lipinski definition) is 0. The fourth-order valence-corrected chi connectivity index (χ4v) is 12.7. The third kappa shape index (κ3) is 7.77. The van der Waals surface area contributed by atoms with Gasteiger partial charge in [0.1, 0.15) is 5.82 Å². The first kappa shape index (κ1) is 37.2. The van der Waals surface area contributed by atoms with Crippen LogP contribution in [0.4, 0.5) is 4.39 Å². The minimum atomic E-state index is -2.08. The van der Waals surface area contributed by atoms with Crippen LogP contribution in [0, 0.1) is 31.8 Å². The Morgan fingerprint density at radius 1 is 0.621 bits per heavy atom. The molecule has 0 unspecified atom stereocenters. The summed E-state index contributed by atoms with van der Waals surface area (Å²) in [4.78, 5) is 9.04. The molecule has 0 atom stereocenters. The van der Waals surface area contributed by atoms with Crippen molar-refractivity contribution >= 4 is 81.5 Å². The Morgan fingerprint density at radius 3 is 2.21 bits per heavy atom. The number of fused-ring (bicyclic) bond motifs is 7. The molecule has 10 rings (SSSR count). The van der Waals surface area contributed by atoms with Gasteiger partial charge in [0.05, 0.1) is 6.20 Å². The van der Waals surface area contributed by atoms with Gasteiger partial charge in [-0.25, -0.2) is 4.39 Å². The summed E-state index contributed by atoms with van der Waals surface area (Å²) in [6.07, 6.45) is 1.13. The summed E-state index contributed by atoms with van der Waals surface area (Å²) in [5, 5.41) is 8.70. The molecule has 0 amide bonds. The molecule has 1 radical (unpaired) electrons. The summed E-state index contributed by atoms with van der Waals surface area (Å²) < 4.78 is 37.2. The van der Waals surface area contributed by atoms with Crippen molar-refractivity contribution in [3.8, 4) is 22.5 Å². The fraction of sp³-hybridized carbons (Fsp3) is 0.115. The molecule has 0 spiro atoms. The summed E-state index contributed by atoms with van der Waals surface area (Å²) in [6.45, 7) is 4.30. The van der Waals surface area contributed by atoms with Crippen LogP contribution in [0.5, 0.6) is 0 Å². The topological polar surface area (TPSA) is 25.8 Å². The Morgan fingerprint density at radius 2 is 1.40 bits per heavy atom. The number of benzene rings is 7. The van der Waals surface area contributed by atoms with Crippen molar-refractivity contribution in [1.29, 1.82) is 0 Å². The van der Waals surface area contributed by atoms with E-state index in [0.29, 0.717) is 11.3 Å². The third-order valence-corrected chi connectivity index (χ3v) is 16.4. The third-order valence-electron chi connectivity index (χ3n) is 10.6. The van der Waals surface area contributed by atoms with Crippen molar-refractivity contribution < 1.29 is 27.2 Å². The summed E-state index contributed by atoms with van der Waals surface area (Å²) >= 11 is -0.0912. The van der Waals surface area contributed by atoms with Crippen LogP contribution in [0.25, 0.3) is 75.0 Å². The maximum Gasteiger partial charge on any atom is 0.143 e. The van der Waals surface area contributed by atoms with E-state index in [-0.39, 0.29) is 25.7 Å². The van der Waals surface area contributed by atoms with Gasteiger partial charge >= 0.3 is 106 Å². The molecule has 6 heteroatoms. The van der Waals surface area contributed by atoms with E-state index in [4.69, 9.17) is 2.74 Å². The zero-order chi connectivity index (χ0) is 41.1. The summed E-state index contributed by atoms with van der Waals surface area (Å²) in [5.41, 5.74) is 6.34. The minimum absolute atomic E-state index is 0. The largest absolute Gasteiger partial charge is 0.302 e. The zero-order valence-electron chi connectivity index (χ0n) is 34.9. The maximum atomic E-state index is 15.4. The molecule has 3 aromatic heterocycles. The van der Waals surface area contributed by atoms with Crippen LogP contribution in [-0.4, -0.2) is 23.2 Å². The fourth-order valence-electron chi connectivity index (χ4n) is 7.77. The van der Waals surface area contributed by atoms with Crippen molar-refractivity contribution in [2.24, 2.45) is 0 Å². The van der Waals surface area contributed by atoms with Crippen LogP contribution in [-0.2, 0) is 26.5 Å². The molecule has 0 bridgehead atoms. The van der Waals surface area contributed by atoms with Gasteiger partial charge in [-0.1, -0.05) is 89.8 Å². The molecular weight excluding hydrogens is 968 g/mol. The number of rotatable bonds is 5. The number of aryl methyl sites for hydroxylation is 2. The van der Waals surface area contributed by atoms with Gasteiger partial charge in [-0.3, -0.25) is 0 Å². The van der Waals surface area contributed by atoms with Crippen molar-refractivity contribution in [2.45, 2.75) is 37.5 Å². The van der Waals surface area contributed by atoms with Gasteiger partial charge in [0.25, 0.3) is 0 Å². The number of hydrogen-bond acceptors (Lipinski definition) is 3. The van der Waals surface area contributed by atoms with Crippen LogP contribution < -0.4 is 4.40 Å². The number of halogens is 1. The number of pyridine rings is 2. The minimum Gasteiger partial charge on any atom is -0.302 e. The van der Waals surface area contributed by atoms with E-state index < -0.39 is 25.5 Å². The Balaban J connectivity index is 0.000000234. The van der Waals surface area contributed by atoms with Gasteiger partial charge in [-0.15, -0.1) is 23.8 Å². The van der Waals surface area contributed by atoms with E-state index in [9.17, 15) is 0 Å². The van der Waals surface area contributed by atoms with E-state index in [0.717, 1.165) is 49.3 Å². The van der Waals surface area contributed by atoms with Gasteiger partial charge < -0.3 is 4.98 Å². The monoisotopic (exact) mass is 1010 g/mol. The van der Waals surface area contributed by atoms with Gasteiger partial charge in [-0.05, 0) is 78.3 Å². The summed E-state index contributed by atoms with van der Waals surface area (Å²) in [5.74, 6) is 6.53. The Labute approximate surface area is 362 Å². The second kappa shape index (κ2) is 16.3. The van der Waals surface area contributed by atoms with Crippen LogP contribution in [0.15, 0.2) is 146 Å². The van der Waals surface area contributed by atoms with E-state index in [1.807, 2.05) is 60.7 Å². The molecule has 287 valence electrons. The molecule has 0 aliphatic rings. The molecule has 7 aromatic carbocycles. The molecular formula is C52H41FGeIrN2S-2. The van der Waals surface area contributed by atoms with Crippen molar-refractivity contribution in [3.63, 3.8) is 0 Å². The molecule has 0 aliphatic heterocycles. The Hall–Kier alpha value is -5.04. The SMILES string of the molecule is Cc1cc(-c2[c-]cccc2)nc[c]1[Ge]([CH3])([CH3])[CH3].[2H]C([2H])(c1cc(-c2[c-]ccc3c2sc2c4cc5ccc(C)cc5cc4ccc32)ncc1F)c1cccc2ccccc12.[Ir]. The molecule has 0 N–H and O–H groups in total. The molecule has 58 heavy (non-hydrogen) atoms. The summed E-state index contributed by atoms with van der Waals surface area (Å²) in [6, 6.07) is 50.7. The Kier molecular flexibility index (Phi) is 10.5. The van der Waals surface area contributed by atoms with E-state index >= 15 is 4.39 Å². The molecule has 2 nitrogen and oxygen atoms in total. The molecule has 0 saturated heterocycles. The van der Waals surface area contributed by atoms with Gasteiger partial charge in [-0.2, -0.15) is 11.3 Å². The second-order valence-corrected chi connectivity index (χ2v) is 27.3. The smallest absolute Gasteiger partial charge is 0.143 e. The van der Waals surface area contributed by atoms with E-state index in [1.165, 1.54) is 41.8 Å². The first-order valence-electron chi connectivity index (χ1n) is 20.2. The second-order valence-electron chi connectivity index (χ2n) is 15.7. The first-order chi connectivity index (χ1) is 28.4. The van der Waals surface area contributed by atoms with Crippen molar-refractivity contribution in [3.05, 3.63) is 186 Å². The van der Waals surface area contributed by atoms with Crippen LogP contribution in [0.1, 0.15) is 25.0 Å². The molecule has 0 aliphatic carbocycles. The first-order valence-corrected chi connectivity index (χ1v) is 27.3. The quantitative estimate of drug-likeness (QED) is 0.0975. The normalized spacial score (nSPS) is 12.3. The molecule has 0 saturated carbocycles.